The Morgan fingerprint density at radius 1 is 1.36 bits per heavy atom. The third-order valence-electron chi connectivity index (χ3n) is 1.23. The van der Waals surface area contributed by atoms with Gasteiger partial charge in [0.1, 0.15) is 0 Å². The van der Waals surface area contributed by atoms with Gasteiger partial charge in [-0.3, -0.25) is 4.79 Å². The van der Waals surface area contributed by atoms with Crippen LogP contribution in [0.4, 0.5) is 0 Å². The van der Waals surface area contributed by atoms with Gasteiger partial charge in [0.05, 0.1) is 0 Å². The summed E-state index contributed by atoms with van der Waals surface area (Å²) in [5, 5.41) is 0.105. The van der Waals surface area contributed by atoms with E-state index in [1.807, 2.05) is 37.3 Å². The average Bonchev–Trinajstić information content (AvgIpc) is 2.07. The van der Waals surface area contributed by atoms with E-state index in [1.54, 1.807) is 5.75 Å². The highest BCUT2D eigenvalue weighted by Gasteiger charge is 2.02. The second-order valence-electron chi connectivity index (χ2n) is 2.01. The van der Waals surface area contributed by atoms with Crippen LogP contribution in [0.1, 0.15) is 17.3 Å². The van der Waals surface area contributed by atoms with Crippen molar-refractivity contribution in [3.05, 3.63) is 41.6 Å². The van der Waals surface area contributed by atoms with Crippen LogP contribution in [0.15, 0.2) is 30.3 Å². The molecular weight excluding hydrogens is 156 g/mol. The maximum Gasteiger partial charge on any atom is 0.219 e. The van der Waals surface area contributed by atoms with Gasteiger partial charge in [-0.05, 0) is 0 Å². The third-order valence-corrected chi connectivity index (χ3v) is 1.92. The summed E-state index contributed by atoms with van der Waals surface area (Å²) in [6.07, 6.45) is 0. The fourth-order valence-electron chi connectivity index (χ4n) is 0.749. The first-order valence-corrected chi connectivity index (χ1v) is 4.26. The Hall–Kier alpha value is -0.760. The molecule has 0 aliphatic carbocycles. The molecule has 0 saturated carbocycles. The largest absolute Gasteiger partial charge is 0.282 e. The molecule has 1 radical (unpaired) electrons. The molecule has 0 spiro atoms. The maximum absolute atomic E-state index is 11.2. The molecule has 0 saturated heterocycles. The highest BCUT2D eigenvalue weighted by molar-refractivity contribution is 8.15. The molecule has 0 atom stereocenters. The first kappa shape index (κ1) is 8.34. The number of hydrogen-bond acceptors (Lipinski definition) is 2. The van der Waals surface area contributed by atoms with Gasteiger partial charge in [0.2, 0.25) is 5.12 Å². The summed E-state index contributed by atoms with van der Waals surface area (Å²) in [5.41, 5.74) is 0.760. The summed E-state index contributed by atoms with van der Waals surface area (Å²) in [7, 11) is 0. The van der Waals surface area contributed by atoms with Gasteiger partial charge in [-0.25, -0.2) is 0 Å². The number of rotatable bonds is 2. The van der Waals surface area contributed by atoms with Gasteiger partial charge >= 0.3 is 0 Å². The fourth-order valence-corrected chi connectivity index (χ4v) is 1.24. The van der Waals surface area contributed by atoms with E-state index in [0.29, 0.717) is 0 Å². The van der Waals surface area contributed by atoms with Crippen molar-refractivity contribution in [3.8, 4) is 0 Å². The van der Waals surface area contributed by atoms with Crippen molar-refractivity contribution >= 4 is 16.9 Å². The monoisotopic (exact) mass is 165 g/mol. The predicted octanol–water partition coefficient (Wildman–Crippen LogP) is 2.74. The van der Waals surface area contributed by atoms with Crippen molar-refractivity contribution in [2.24, 2.45) is 0 Å². The SMILES string of the molecule is C[CH]SC(=O)c1ccccc1. The molecule has 0 N–H and O–H groups in total. The van der Waals surface area contributed by atoms with Gasteiger partial charge in [0.15, 0.2) is 0 Å². The molecule has 0 aromatic heterocycles. The number of carbonyl (C=O) groups excluding carboxylic acids is 1. The van der Waals surface area contributed by atoms with E-state index in [0.717, 1.165) is 5.56 Å². The van der Waals surface area contributed by atoms with Crippen molar-refractivity contribution in [1.29, 1.82) is 0 Å². The van der Waals surface area contributed by atoms with Crippen molar-refractivity contribution in [3.63, 3.8) is 0 Å². The van der Waals surface area contributed by atoms with Crippen LogP contribution in [0.2, 0.25) is 0 Å². The highest BCUT2D eigenvalue weighted by atomic mass is 32.2. The molecule has 57 valence electrons. The Labute approximate surface area is 70.8 Å². The van der Waals surface area contributed by atoms with E-state index < -0.39 is 0 Å². The standard InChI is InChI=1S/C9H9OS/c1-2-11-9(10)8-6-4-3-5-7-8/h2-7H,1H3. The minimum Gasteiger partial charge on any atom is -0.282 e. The van der Waals surface area contributed by atoms with E-state index in [4.69, 9.17) is 0 Å². The van der Waals surface area contributed by atoms with Gasteiger partial charge in [0, 0.05) is 11.3 Å². The van der Waals surface area contributed by atoms with Crippen molar-refractivity contribution in [2.45, 2.75) is 6.92 Å². The van der Waals surface area contributed by atoms with Gasteiger partial charge in [-0.15, -0.1) is 0 Å². The van der Waals surface area contributed by atoms with Gasteiger partial charge in [-0.2, -0.15) is 0 Å². The summed E-state index contributed by atoms with van der Waals surface area (Å²) < 4.78 is 0. The predicted molar refractivity (Wildman–Crippen MR) is 48.3 cm³/mol. The fraction of sp³-hybridized carbons (Fsp3) is 0.111. The second-order valence-corrected chi connectivity index (χ2v) is 3.08. The zero-order valence-corrected chi connectivity index (χ0v) is 7.10. The maximum atomic E-state index is 11.2. The zero-order valence-electron chi connectivity index (χ0n) is 6.28. The van der Waals surface area contributed by atoms with Crippen LogP contribution in [0.3, 0.4) is 0 Å². The number of thioether (sulfide) groups is 1. The Kier molecular flexibility index (Phi) is 3.17. The van der Waals surface area contributed by atoms with Crippen molar-refractivity contribution in [2.75, 3.05) is 0 Å². The molecule has 0 fully saturated rings. The van der Waals surface area contributed by atoms with Crippen LogP contribution in [-0.4, -0.2) is 5.12 Å². The molecule has 0 aliphatic rings. The third kappa shape index (κ3) is 2.39. The lowest BCUT2D eigenvalue weighted by molar-refractivity contribution is 0.108. The summed E-state index contributed by atoms with van der Waals surface area (Å²) in [6, 6.07) is 9.27. The minimum atomic E-state index is 0.105. The molecular formula is C9H9OS. The van der Waals surface area contributed by atoms with Crippen LogP contribution in [-0.2, 0) is 0 Å². The van der Waals surface area contributed by atoms with Crippen LogP contribution in [0.5, 0.6) is 0 Å². The molecule has 0 bridgehead atoms. The first-order valence-electron chi connectivity index (χ1n) is 3.38. The Bertz CT molecular complexity index is 231. The number of carbonyl (C=O) groups is 1. The lowest BCUT2D eigenvalue weighted by Gasteiger charge is -1.95. The van der Waals surface area contributed by atoms with Crippen LogP contribution >= 0.6 is 11.8 Å². The topological polar surface area (TPSA) is 17.1 Å². The van der Waals surface area contributed by atoms with E-state index in [1.165, 1.54) is 11.8 Å². The van der Waals surface area contributed by atoms with Crippen molar-refractivity contribution in [1.82, 2.24) is 0 Å². The average molecular weight is 165 g/mol. The quantitative estimate of drug-likeness (QED) is 0.670. The van der Waals surface area contributed by atoms with E-state index in [-0.39, 0.29) is 5.12 Å². The Balaban J connectivity index is 2.69. The van der Waals surface area contributed by atoms with Crippen LogP contribution < -0.4 is 0 Å². The molecule has 1 rings (SSSR count). The molecule has 0 unspecified atom stereocenters. The summed E-state index contributed by atoms with van der Waals surface area (Å²) in [6.45, 7) is 1.85. The van der Waals surface area contributed by atoms with E-state index in [9.17, 15) is 4.79 Å². The molecule has 0 heterocycles. The van der Waals surface area contributed by atoms with Crippen LogP contribution in [0, 0.1) is 5.75 Å². The van der Waals surface area contributed by atoms with Gasteiger partial charge < -0.3 is 0 Å². The van der Waals surface area contributed by atoms with Crippen molar-refractivity contribution < 1.29 is 4.79 Å². The van der Waals surface area contributed by atoms with E-state index in [2.05, 4.69) is 0 Å². The summed E-state index contributed by atoms with van der Waals surface area (Å²) >= 11 is 1.22. The molecule has 2 heteroatoms. The molecule has 0 amide bonds. The van der Waals surface area contributed by atoms with Gasteiger partial charge in [0.25, 0.3) is 0 Å². The lowest BCUT2D eigenvalue weighted by atomic mass is 10.2. The summed E-state index contributed by atoms with van der Waals surface area (Å²) in [5.74, 6) is 1.79. The smallest absolute Gasteiger partial charge is 0.219 e. The van der Waals surface area contributed by atoms with Gasteiger partial charge in [-0.1, -0.05) is 49.0 Å². The lowest BCUT2D eigenvalue weighted by Crippen LogP contribution is -1.90. The molecule has 11 heavy (non-hydrogen) atoms. The highest BCUT2D eigenvalue weighted by Crippen LogP contribution is 2.13. The minimum absolute atomic E-state index is 0.105. The molecule has 1 aromatic carbocycles. The first-order chi connectivity index (χ1) is 5.34. The Morgan fingerprint density at radius 3 is 2.55 bits per heavy atom. The second kappa shape index (κ2) is 4.19. The zero-order chi connectivity index (χ0) is 8.10. The van der Waals surface area contributed by atoms with E-state index >= 15 is 0 Å². The molecule has 0 aliphatic heterocycles. The Morgan fingerprint density at radius 2 is 2.00 bits per heavy atom. The number of hydrogen-bond donors (Lipinski definition) is 0. The summed E-state index contributed by atoms with van der Waals surface area (Å²) in [4.78, 5) is 11.2. The molecule has 1 nitrogen and oxygen atoms in total. The normalized spacial score (nSPS) is 9.55. The van der Waals surface area contributed by atoms with Crippen LogP contribution in [0.25, 0.3) is 0 Å². The molecule has 1 aromatic rings. The number of benzene rings is 1.